The summed E-state index contributed by atoms with van der Waals surface area (Å²) in [6, 6.07) is 29.5. The minimum atomic E-state index is -0.237. The van der Waals surface area contributed by atoms with E-state index in [0.717, 1.165) is 52.3 Å². The number of halogens is 2. The molecule has 4 aromatic carbocycles. The third kappa shape index (κ3) is 11.3. The first-order valence-electron chi connectivity index (χ1n) is 15.4. The van der Waals surface area contributed by atoms with Crippen LogP contribution in [0.4, 0.5) is 8.78 Å². The summed E-state index contributed by atoms with van der Waals surface area (Å²) >= 11 is 3.30. The Kier molecular flexibility index (Phi) is 13.2. The largest absolute Gasteiger partial charge is 0.497 e. The molecule has 0 saturated heterocycles. The van der Waals surface area contributed by atoms with Gasteiger partial charge in [-0.25, -0.2) is 18.7 Å². The van der Waals surface area contributed by atoms with Gasteiger partial charge >= 0.3 is 0 Å². The number of nitrogens with zero attached hydrogens (tertiary/aromatic N) is 4. The molecule has 6 rings (SSSR count). The van der Waals surface area contributed by atoms with Gasteiger partial charge in [0, 0.05) is 49.3 Å². The maximum atomic E-state index is 13.1. The first-order valence-corrected chi connectivity index (χ1v) is 17.2. The van der Waals surface area contributed by atoms with Crippen molar-refractivity contribution in [1.29, 1.82) is 0 Å². The van der Waals surface area contributed by atoms with Gasteiger partial charge in [-0.1, -0.05) is 48.5 Å². The smallest absolute Gasteiger partial charge is 0.123 e. The fourth-order valence-corrected chi connectivity index (χ4v) is 6.37. The van der Waals surface area contributed by atoms with E-state index in [4.69, 9.17) is 9.47 Å². The molecule has 0 fully saturated rings. The Labute approximate surface area is 288 Å². The Morgan fingerprint density at radius 1 is 0.479 bits per heavy atom. The summed E-state index contributed by atoms with van der Waals surface area (Å²) in [5.74, 6) is 1.29. The predicted octanol–water partition coefficient (Wildman–Crippen LogP) is 8.99. The molecule has 0 radical (unpaired) electrons. The van der Waals surface area contributed by atoms with Crippen LogP contribution in [0.25, 0.3) is 0 Å². The van der Waals surface area contributed by atoms with Crippen molar-refractivity contribution in [2.45, 2.75) is 39.3 Å². The highest BCUT2D eigenvalue weighted by Gasteiger charge is 2.12. The molecule has 0 N–H and O–H groups in total. The van der Waals surface area contributed by atoms with Crippen molar-refractivity contribution in [1.82, 2.24) is 19.8 Å². The second-order valence-corrected chi connectivity index (χ2v) is 13.0. The van der Waals surface area contributed by atoms with Crippen molar-refractivity contribution in [2.24, 2.45) is 0 Å². The lowest BCUT2D eigenvalue weighted by molar-refractivity contribution is 0.247. The van der Waals surface area contributed by atoms with Crippen LogP contribution >= 0.6 is 22.7 Å². The average molecular weight is 685 g/mol. The monoisotopic (exact) mass is 684 g/mol. The van der Waals surface area contributed by atoms with E-state index in [1.54, 1.807) is 67.4 Å². The number of hydrogen-bond acceptors (Lipinski definition) is 8. The Morgan fingerprint density at radius 2 is 0.792 bits per heavy atom. The van der Waals surface area contributed by atoms with Gasteiger partial charge in [-0.05, 0) is 70.8 Å². The van der Waals surface area contributed by atoms with Gasteiger partial charge in [0.2, 0.25) is 0 Å². The van der Waals surface area contributed by atoms with Gasteiger partial charge in [0.1, 0.15) is 33.1 Å². The minimum absolute atomic E-state index is 0.237. The van der Waals surface area contributed by atoms with E-state index in [-0.39, 0.29) is 11.6 Å². The molecule has 0 aliphatic rings. The highest BCUT2D eigenvalue weighted by atomic mass is 32.1. The SMILES string of the molecule is COc1ccc(CN(Cc2ccc(OC)cc2)Cc2nccs2)cc1.Fc1ccc(CN(Cc2ccc(F)cc2)Cc2nccs2)cc1. The molecule has 6 nitrogen and oxygen atoms in total. The fraction of sp³-hybridized carbons (Fsp3) is 0.211. The number of ether oxygens (including phenoxy) is 2. The summed E-state index contributed by atoms with van der Waals surface area (Å²) in [7, 11) is 3.38. The molecule has 0 unspecified atom stereocenters. The summed E-state index contributed by atoms with van der Waals surface area (Å²) in [5.41, 5.74) is 4.58. The van der Waals surface area contributed by atoms with E-state index in [9.17, 15) is 8.78 Å². The third-order valence-corrected chi connectivity index (χ3v) is 8.98. The van der Waals surface area contributed by atoms with Crippen molar-refractivity contribution < 1.29 is 18.3 Å². The first kappa shape index (κ1) is 34.8. The molecular weight excluding hydrogens is 647 g/mol. The van der Waals surface area contributed by atoms with Crippen LogP contribution in [-0.2, 0) is 39.3 Å². The van der Waals surface area contributed by atoms with E-state index in [1.165, 1.54) is 35.4 Å². The Bertz CT molecular complexity index is 1650. The normalized spacial score (nSPS) is 11.0. The zero-order valence-electron chi connectivity index (χ0n) is 27.0. The predicted molar refractivity (Wildman–Crippen MR) is 189 cm³/mol. The molecule has 0 aliphatic carbocycles. The summed E-state index contributed by atoms with van der Waals surface area (Å²) in [4.78, 5) is 13.4. The minimum Gasteiger partial charge on any atom is -0.497 e. The molecule has 48 heavy (non-hydrogen) atoms. The quantitative estimate of drug-likeness (QED) is 0.114. The molecule has 0 aliphatic heterocycles. The second kappa shape index (κ2) is 18.2. The van der Waals surface area contributed by atoms with Gasteiger partial charge in [0.05, 0.1) is 27.3 Å². The fourth-order valence-electron chi connectivity index (χ4n) is 5.05. The number of benzene rings is 4. The van der Waals surface area contributed by atoms with Crippen LogP contribution in [0.3, 0.4) is 0 Å². The van der Waals surface area contributed by atoms with Gasteiger partial charge in [-0.3, -0.25) is 9.80 Å². The van der Waals surface area contributed by atoms with Crippen LogP contribution < -0.4 is 9.47 Å². The molecule has 0 atom stereocenters. The van der Waals surface area contributed by atoms with Crippen LogP contribution in [0.5, 0.6) is 11.5 Å². The van der Waals surface area contributed by atoms with Crippen molar-refractivity contribution >= 4 is 22.7 Å². The lowest BCUT2D eigenvalue weighted by Crippen LogP contribution is -2.22. The number of rotatable bonds is 14. The van der Waals surface area contributed by atoms with E-state index in [0.29, 0.717) is 19.6 Å². The zero-order valence-corrected chi connectivity index (χ0v) is 28.6. The second-order valence-electron chi connectivity index (χ2n) is 11.1. The number of aromatic nitrogens is 2. The van der Waals surface area contributed by atoms with E-state index in [1.807, 2.05) is 41.2 Å². The van der Waals surface area contributed by atoms with Crippen LogP contribution in [0.2, 0.25) is 0 Å². The zero-order chi connectivity index (χ0) is 33.6. The van der Waals surface area contributed by atoms with Crippen molar-refractivity contribution in [3.63, 3.8) is 0 Å². The third-order valence-electron chi connectivity index (χ3n) is 7.45. The Morgan fingerprint density at radius 3 is 1.06 bits per heavy atom. The van der Waals surface area contributed by atoms with Crippen LogP contribution in [-0.4, -0.2) is 34.0 Å². The molecule has 248 valence electrons. The molecule has 6 aromatic rings. The topological polar surface area (TPSA) is 50.7 Å². The first-order chi connectivity index (χ1) is 23.4. The maximum Gasteiger partial charge on any atom is 0.123 e. The number of hydrogen-bond donors (Lipinski definition) is 0. The van der Waals surface area contributed by atoms with E-state index >= 15 is 0 Å². The molecule has 0 spiro atoms. The van der Waals surface area contributed by atoms with Crippen LogP contribution in [0.1, 0.15) is 32.3 Å². The highest BCUT2D eigenvalue weighted by molar-refractivity contribution is 7.09. The molecular formula is C38H38F2N4O2S2. The Balaban J connectivity index is 0.000000188. The summed E-state index contributed by atoms with van der Waals surface area (Å²) < 4.78 is 36.6. The van der Waals surface area contributed by atoms with E-state index in [2.05, 4.69) is 44.0 Å². The van der Waals surface area contributed by atoms with Crippen LogP contribution in [0.15, 0.2) is 120 Å². The lowest BCUT2D eigenvalue weighted by Gasteiger charge is -2.22. The van der Waals surface area contributed by atoms with Crippen molar-refractivity contribution in [2.75, 3.05) is 14.2 Å². The van der Waals surface area contributed by atoms with Gasteiger partial charge in [-0.15, -0.1) is 22.7 Å². The summed E-state index contributed by atoms with van der Waals surface area (Å²) in [6.45, 7) is 4.60. The average Bonchev–Trinajstić information content (AvgIpc) is 3.83. The highest BCUT2D eigenvalue weighted by Crippen LogP contribution is 2.20. The number of methoxy groups -OCH3 is 2. The van der Waals surface area contributed by atoms with E-state index < -0.39 is 0 Å². The molecule has 10 heteroatoms. The molecule has 0 amide bonds. The number of thiazole rings is 2. The molecule has 2 aromatic heterocycles. The molecule has 0 bridgehead atoms. The van der Waals surface area contributed by atoms with Crippen molar-refractivity contribution in [3.8, 4) is 11.5 Å². The summed E-state index contributed by atoms with van der Waals surface area (Å²) in [5, 5.41) is 6.12. The van der Waals surface area contributed by atoms with Crippen molar-refractivity contribution in [3.05, 3.63) is 164 Å². The van der Waals surface area contributed by atoms with Gasteiger partial charge in [-0.2, -0.15) is 0 Å². The molecule has 2 heterocycles. The standard InChI is InChI=1S/C20H22N2O2S.C18H16F2N2S/c1-23-18-7-3-16(4-8-18)13-22(15-20-21-11-12-25-20)14-17-5-9-19(24-2)10-6-17;19-16-5-1-14(2-6-16)11-22(13-18-21-9-10-23-18)12-15-3-7-17(20)8-4-15/h3-12H,13-15H2,1-2H3;1-10H,11-13H2. The Hall–Kier alpha value is -4.48. The lowest BCUT2D eigenvalue weighted by atomic mass is 10.1. The summed E-state index contributed by atoms with van der Waals surface area (Å²) in [6.07, 6.45) is 3.65. The van der Waals surface area contributed by atoms with Gasteiger partial charge < -0.3 is 9.47 Å². The maximum absolute atomic E-state index is 13.1. The van der Waals surface area contributed by atoms with Crippen LogP contribution in [0, 0.1) is 11.6 Å². The van der Waals surface area contributed by atoms with Gasteiger partial charge in [0.25, 0.3) is 0 Å². The molecule has 0 saturated carbocycles. The van der Waals surface area contributed by atoms with Gasteiger partial charge in [0.15, 0.2) is 0 Å².